The summed E-state index contributed by atoms with van der Waals surface area (Å²) in [5.41, 5.74) is 2.46. The summed E-state index contributed by atoms with van der Waals surface area (Å²) in [6, 6.07) is 15.3. The van der Waals surface area contributed by atoms with Crippen LogP contribution in [0.15, 0.2) is 54.6 Å². The molecule has 0 atom stereocenters. The summed E-state index contributed by atoms with van der Waals surface area (Å²) < 4.78 is 27.1. The zero-order chi connectivity index (χ0) is 24.8. The van der Waals surface area contributed by atoms with Gasteiger partial charge in [0.1, 0.15) is 17.2 Å². The van der Waals surface area contributed by atoms with E-state index in [9.17, 15) is 14.4 Å². The molecule has 0 spiro atoms. The maximum atomic E-state index is 12.0. The van der Waals surface area contributed by atoms with Gasteiger partial charge in [0.25, 0.3) is 0 Å². The normalized spacial score (nSPS) is 10.3. The van der Waals surface area contributed by atoms with E-state index < -0.39 is 17.9 Å². The third-order valence-corrected chi connectivity index (χ3v) is 4.70. The van der Waals surface area contributed by atoms with Crippen LogP contribution in [0.2, 0.25) is 0 Å². The smallest absolute Gasteiger partial charge is 0.308 e. The molecule has 0 aliphatic carbocycles. The SMILES string of the molecule is COc1cc(-c2ccc(OC(C)=O)cc2)c(OC)c(OC(C)=O)c1-c1ccc(OC(C)=O)cc1. The van der Waals surface area contributed by atoms with Gasteiger partial charge in [-0.2, -0.15) is 0 Å². The van der Waals surface area contributed by atoms with Crippen molar-refractivity contribution < 1.29 is 38.1 Å². The van der Waals surface area contributed by atoms with Crippen molar-refractivity contribution in [2.24, 2.45) is 0 Å². The van der Waals surface area contributed by atoms with Crippen LogP contribution in [0.3, 0.4) is 0 Å². The van der Waals surface area contributed by atoms with Gasteiger partial charge in [0.2, 0.25) is 0 Å². The predicted molar refractivity (Wildman–Crippen MR) is 124 cm³/mol. The predicted octanol–water partition coefficient (Wildman–Crippen LogP) is 4.81. The van der Waals surface area contributed by atoms with E-state index in [0.29, 0.717) is 39.7 Å². The molecule has 0 amide bonds. The Morgan fingerprint density at radius 3 is 1.47 bits per heavy atom. The molecule has 0 unspecified atom stereocenters. The molecule has 0 fully saturated rings. The molecule has 3 aromatic carbocycles. The minimum absolute atomic E-state index is 0.175. The molecule has 0 aliphatic heterocycles. The highest BCUT2D eigenvalue weighted by Gasteiger charge is 2.25. The molecular weight excluding hydrogens is 440 g/mol. The quantitative estimate of drug-likeness (QED) is 0.363. The first kappa shape index (κ1) is 24.3. The molecule has 0 aromatic heterocycles. The van der Waals surface area contributed by atoms with Gasteiger partial charge in [-0.15, -0.1) is 0 Å². The van der Waals surface area contributed by atoms with Gasteiger partial charge in [-0.25, -0.2) is 0 Å². The van der Waals surface area contributed by atoms with Crippen molar-refractivity contribution >= 4 is 17.9 Å². The summed E-state index contributed by atoms with van der Waals surface area (Å²) in [6.07, 6.45) is 0. The van der Waals surface area contributed by atoms with Crippen molar-refractivity contribution in [3.05, 3.63) is 54.6 Å². The summed E-state index contributed by atoms with van der Waals surface area (Å²) >= 11 is 0. The fourth-order valence-electron chi connectivity index (χ4n) is 3.43. The lowest BCUT2D eigenvalue weighted by Crippen LogP contribution is -2.07. The summed E-state index contributed by atoms with van der Waals surface area (Å²) in [7, 11) is 2.97. The number of hydrogen-bond acceptors (Lipinski definition) is 8. The Hall–Kier alpha value is -4.33. The van der Waals surface area contributed by atoms with Crippen LogP contribution in [-0.4, -0.2) is 32.1 Å². The molecule has 0 heterocycles. The van der Waals surface area contributed by atoms with E-state index in [0.717, 1.165) is 5.56 Å². The van der Waals surface area contributed by atoms with Crippen molar-refractivity contribution in [2.75, 3.05) is 14.2 Å². The van der Waals surface area contributed by atoms with Gasteiger partial charge in [0.15, 0.2) is 11.5 Å². The van der Waals surface area contributed by atoms with Crippen LogP contribution < -0.4 is 23.7 Å². The Morgan fingerprint density at radius 2 is 1.06 bits per heavy atom. The second kappa shape index (κ2) is 10.5. The van der Waals surface area contributed by atoms with E-state index in [2.05, 4.69) is 0 Å². The van der Waals surface area contributed by atoms with Crippen LogP contribution in [0.4, 0.5) is 0 Å². The lowest BCUT2D eigenvalue weighted by atomic mass is 9.96. The molecular formula is C26H24O8. The van der Waals surface area contributed by atoms with Gasteiger partial charge in [-0.1, -0.05) is 24.3 Å². The number of esters is 3. The minimum atomic E-state index is -0.541. The van der Waals surface area contributed by atoms with E-state index in [1.165, 1.54) is 35.0 Å². The van der Waals surface area contributed by atoms with Gasteiger partial charge in [0, 0.05) is 26.3 Å². The number of methoxy groups -OCH3 is 2. The molecule has 0 aliphatic rings. The maximum absolute atomic E-state index is 12.0. The van der Waals surface area contributed by atoms with Crippen molar-refractivity contribution in [1.82, 2.24) is 0 Å². The number of benzene rings is 3. The van der Waals surface area contributed by atoms with Crippen LogP contribution in [0, 0.1) is 0 Å². The lowest BCUT2D eigenvalue weighted by molar-refractivity contribution is -0.132. The maximum Gasteiger partial charge on any atom is 0.308 e. The van der Waals surface area contributed by atoms with Gasteiger partial charge < -0.3 is 23.7 Å². The average molecular weight is 464 g/mol. The van der Waals surface area contributed by atoms with Crippen LogP contribution in [-0.2, 0) is 14.4 Å². The highest BCUT2D eigenvalue weighted by Crippen LogP contribution is 2.50. The molecule has 8 nitrogen and oxygen atoms in total. The molecule has 0 radical (unpaired) electrons. The summed E-state index contributed by atoms with van der Waals surface area (Å²) in [5.74, 6) is 0.290. The minimum Gasteiger partial charge on any atom is -0.496 e. The first-order valence-corrected chi connectivity index (χ1v) is 10.3. The van der Waals surface area contributed by atoms with Crippen LogP contribution in [0.25, 0.3) is 22.3 Å². The topological polar surface area (TPSA) is 97.4 Å². The van der Waals surface area contributed by atoms with Gasteiger partial charge in [0.05, 0.1) is 19.8 Å². The second-order valence-electron chi connectivity index (χ2n) is 7.19. The van der Waals surface area contributed by atoms with Crippen molar-refractivity contribution in [3.8, 4) is 51.0 Å². The van der Waals surface area contributed by atoms with E-state index in [-0.39, 0.29) is 5.75 Å². The fraction of sp³-hybridized carbons (Fsp3) is 0.192. The number of ether oxygens (including phenoxy) is 5. The monoisotopic (exact) mass is 464 g/mol. The second-order valence-corrected chi connectivity index (χ2v) is 7.19. The molecule has 3 rings (SSSR count). The van der Waals surface area contributed by atoms with Crippen molar-refractivity contribution in [1.29, 1.82) is 0 Å². The zero-order valence-electron chi connectivity index (χ0n) is 19.5. The molecule has 3 aromatic rings. The Bertz CT molecular complexity index is 1210. The van der Waals surface area contributed by atoms with Gasteiger partial charge in [-0.3, -0.25) is 14.4 Å². The summed E-state index contributed by atoms with van der Waals surface area (Å²) in [6.45, 7) is 3.93. The molecule has 34 heavy (non-hydrogen) atoms. The van der Waals surface area contributed by atoms with E-state index in [1.807, 2.05) is 0 Å². The van der Waals surface area contributed by atoms with E-state index in [4.69, 9.17) is 23.7 Å². The standard InChI is InChI=1S/C26H24O8/c1-15(27)32-20-10-6-18(7-11-20)22-14-23(30-4)24(26(25(22)31-5)34-17(3)29)19-8-12-21(13-9-19)33-16(2)28/h6-14H,1-5H3. The molecule has 176 valence electrons. The number of carbonyl (C=O) groups is 3. The highest BCUT2D eigenvalue weighted by molar-refractivity contribution is 5.90. The summed E-state index contributed by atoms with van der Waals surface area (Å²) in [5, 5.41) is 0. The Morgan fingerprint density at radius 1 is 0.588 bits per heavy atom. The van der Waals surface area contributed by atoms with Crippen molar-refractivity contribution in [3.63, 3.8) is 0 Å². The molecule has 0 saturated heterocycles. The van der Waals surface area contributed by atoms with Gasteiger partial charge >= 0.3 is 17.9 Å². The lowest BCUT2D eigenvalue weighted by Gasteiger charge is -2.20. The molecule has 8 heteroatoms. The number of carbonyl (C=O) groups excluding carboxylic acids is 3. The molecule has 0 bridgehead atoms. The van der Waals surface area contributed by atoms with E-state index >= 15 is 0 Å². The number of rotatable bonds is 7. The first-order chi connectivity index (χ1) is 16.2. The largest absolute Gasteiger partial charge is 0.496 e. The molecule has 0 saturated carbocycles. The van der Waals surface area contributed by atoms with Crippen LogP contribution in [0.5, 0.6) is 28.7 Å². The van der Waals surface area contributed by atoms with E-state index in [1.54, 1.807) is 54.6 Å². The highest BCUT2D eigenvalue weighted by atomic mass is 16.6. The Balaban J connectivity index is 2.20. The van der Waals surface area contributed by atoms with Crippen LogP contribution in [0.1, 0.15) is 20.8 Å². The zero-order valence-corrected chi connectivity index (χ0v) is 19.5. The van der Waals surface area contributed by atoms with Crippen LogP contribution >= 0.6 is 0 Å². The average Bonchev–Trinajstić information content (AvgIpc) is 2.78. The number of hydrogen-bond donors (Lipinski definition) is 0. The Labute approximate surface area is 197 Å². The van der Waals surface area contributed by atoms with Gasteiger partial charge in [-0.05, 0) is 41.5 Å². The van der Waals surface area contributed by atoms with Crippen molar-refractivity contribution in [2.45, 2.75) is 20.8 Å². The Kier molecular flexibility index (Phi) is 7.53. The summed E-state index contributed by atoms with van der Waals surface area (Å²) in [4.78, 5) is 34.5. The third-order valence-electron chi connectivity index (χ3n) is 4.70. The molecule has 0 N–H and O–H groups in total. The first-order valence-electron chi connectivity index (χ1n) is 10.3. The third kappa shape index (κ3) is 5.53. The fourth-order valence-corrected chi connectivity index (χ4v) is 3.43.